The van der Waals surface area contributed by atoms with E-state index in [0.29, 0.717) is 13.2 Å². The highest BCUT2D eigenvalue weighted by Gasteiger charge is 2.11. The molecule has 0 aliphatic carbocycles. The van der Waals surface area contributed by atoms with Gasteiger partial charge in [-0.15, -0.1) is 0 Å². The number of hydrogen-bond acceptors (Lipinski definition) is 4. The van der Waals surface area contributed by atoms with Crippen LogP contribution >= 0.6 is 15.9 Å². The molecule has 0 saturated carbocycles. The van der Waals surface area contributed by atoms with Gasteiger partial charge < -0.3 is 44.5 Å². The van der Waals surface area contributed by atoms with Crippen LogP contribution in [0.2, 0.25) is 0 Å². The fourth-order valence-electron chi connectivity index (χ4n) is 1.81. The minimum Gasteiger partial charge on any atom is -1.00 e. The summed E-state index contributed by atoms with van der Waals surface area (Å²) in [4.78, 5) is 2.16. The van der Waals surface area contributed by atoms with Gasteiger partial charge in [-0.25, -0.2) is 0 Å². The number of likely N-dealkylation sites (N-methyl/N-ethyl adjacent to an activating group) is 1. The molecule has 0 amide bonds. The second kappa shape index (κ2) is 13.3. The van der Waals surface area contributed by atoms with Crippen LogP contribution < -0.4 is 39.6 Å². The van der Waals surface area contributed by atoms with E-state index in [1.807, 2.05) is 19.9 Å². The monoisotopic (exact) mass is 414 g/mol. The first-order valence-corrected chi connectivity index (χ1v) is 7.81. The molecule has 22 heavy (non-hydrogen) atoms. The van der Waals surface area contributed by atoms with Crippen LogP contribution in [0.1, 0.15) is 19.4 Å². The molecule has 1 N–H and O–H groups in total. The topological polar surface area (TPSA) is 33.7 Å². The number of rotatable bonds is 9. The van der Waals surface area contributed by atoms with Crippen LogP contribution in [0.25, 0.3) is 0 Å². The number of nitrogens with zero attached hydrogens (tertiary/aromatic N) is 1. The fraction of sp³-hybridized carbons (Fsp3) is 0.600. The highest BCUT2D eigenvalue weighted by Crippen LogP contribution is 2.36. The largest absolute Gasteiger partial charge is 1.00 e. The second-order valence-corrected chi connectivity index (χ2v) is 5.61. The van der Waals surface area contributed by atoms with E-state index in [0.717, 1.165) is 35.6 Å². The molecule has 1 aromatic carbocycles. The third kappa shape index (κ3) is 8.44. The van der Waals surface area contributed by atoms with Crippen LogP contribution in [-0.4, -0.2) is 45.3 Å². The maximum atomic E-state index is 5.66. The molecule has 0 atom stereocenters. The summed E-state index contributed by atoms with van der Waals surface area (Å²) in [6.07, 6.45) is 0. The van der Waals surface area contributed by atoms with Gasteiger partial charge in [0.05, 0.1) is 17.7 Å². The SMILES string of the molecule is CCOc1cc(CNCCN(C)C)cc(Br)c1OCC.[Cl-].[Cl-]. The normalized spacial score (nSPS) is 9.91. The van der Waals surface area contributed by atoms with Crippen molar-refractivity contribution in [2.75, 3.05) is 40.4 Å². The van der Waals surface area contributed by atoms with E-state index in [4.69, 9.17) is 9.47 Å². The first kappa shape index (κ1) is 24.1. The first-order valence-electron chi connectivity index (χ1n) is 7.01. The average Bonchev–Trinajstić information content (AvgIpc) is 2.39. The summed E-state index contributed by atoms with van der Waals surface area (Å²) in [5.41, 5.74) is 1.18. The van der Waals surface area contributed by atoms with Gasteiger partial charge in [0.1, 0.15) is 0 Å². The summed E-state index contributed by atoms with van der Waals surface area (Å²) in [5.74, 6) is 1.58. The molecule has 4 nitrogen and oxygen atoms in total. The predicted molar refractivity (Wildman–Crippen MR) is 86.7 cm³/mol. The third-order valence-corrected chi connectivity index (χ3v) is 3.31. The van der Waals surface area contributed by atoms with Crippen LogP contribution in [-0.2, 0) is 6.54 Å². The fourth-order valence-corrected chi connectivity index (χ4v) is 2.41. The first-order chi connectivity index (χ1) is 9.58. The molecule has 7 heteroatoms. The minimum absolute atomic E-state index is 0. The van der Waals surface area contributed by atoms with E-state index in [9.17, 15) is 0 Å². The quantitative estimate of drug-likeness (QED) is 0.433. The summed E-state index contributed by atoms with van der Waals surface area (Å²) >= 11 is 3.56. The van der Waals surface area contributed by atoms with Crippen molar-refractivity contribution >= 4 is 15.9 Å². The summed E-state index contributed by atoms with van der Waals surface area (Å²) < 4.78 is 12.2. The summed E-state index contributed by atoms with van der Waals surface area (Å²) in [6, 6.07) is 4.12. The highest BCUT2D eigenvalue weighted by atomic mass is 79.9. The summed E-state index contributed by atoms with van der Waals surface area (Å²) in [6.45, 7) is 8.00. The number of nitrogens with one attached hydrogen (secondary N) is 1. The van der Waals surface area contributed by atoms with E-state index >= 15 is 0 Å². The molecular formula is C15H25BrCl2N2O2-2. The zero-order valence-corrected chi connectivity index (χ0v) is 16.7. The van der Waals surface area contributed by atoms with Gasteiger partial charge in [-0.05, 0) is 61.6 Å². The second-order valence-electron chi connectivity index (χ2n) is 4.75. The van der Waals surface area contributed by atoms with E-state index in [-0.39, 0.29) is 24.8 Å². The van der Waals surface area contributed by atoms with Crippen LogP contribution in [0.4, 0.5) is 0 Å². The molecule has 0 radical (unpaired) electrons. The lowest BCUT2D eigenvalue weighted by molar-refractivity contribution is -0.001000. The lowest BCUT2D eigenvalue weighted by atomic mass is 10.2. The smallest absolute Gasteiger partial charge is 0.175 e. The maximum Gasteiger partial charge on any atom is 0.175 e. The van der Waals surface area contributed by atoms with Gasteiger partial charge in [-0.1, -0.05) is 0 Å². The Morgan fingerprint density at radius 2 is 1.73 bits per heavy atom. The predicted octanol–water partition coefficient (Wildman–Crippen LogP) is -3.09. The Hall–Kier alpha value is -0.200. The van der Waals surface area contributed by atoms with Crippen molar-refractivity contribution in [3.8, 4) is 11.5 Å². The molecule has 130 valence electrons. The zero-order chi connectivity index (χ0) is 15.0. The Bertz CT molecular complexity index is 421. The highest BCUT2D eigenvalue weighted by molar-refractivity contribution is 9.10. The van der Waals surface area contributed by atoms with Gasteiger partial charge in [0.2, 0.25) is 0 Å². The van der Waals surface area contributed by atoms with Crippen molar-refractivity contribution in [3.63, 3.8) is 0 Å². The van der Waals surface area contributed by atoms with E-state index in [2.05, 4.69) is 46.3 Å². The van der Waals surface area contributed by atoms with Gasteiger partial charge in [0.15, 0.2) is 11.5 Å². The molecule has 0 aromatic heterocycles. The molecule has 0 spiro atoms. The van der Waals surface area contributed by atoms with Crippen LogP contribution in [0, 0.1) is 0 Å². The molecule has 0 heterocycles. The third-order valence-electron chi connectivity index (χ3n) is 2.72. The van der Waals surface area contributed by atoms with Crippen molar-refractivity contribution < 1.29 is 34.3 Å². The van der Waals surface area contributed by atoms with Gasteiger partial charge in [0, 0.05) is 19.6 Å². The van der Waals surface area contributed by atoms with Crippen molar-refractivity contribution in [2.24, 2.45) is 0 Å². The van der Waals surface area contributed by atoms with Gasteiger partial charge in [-0.3, -0.25) is 0 Å². The Labute approximate surface area is 154 Å². The van der Waals surface area contributed by atoms with Crippen molar-refractivity contribution in [2.45, 2.75) is 20.4 Å². The molecule has 0 saturated heterocycles. The lowest BCUT2D eigenvalue weighted by Crippen LogP contribution is -3.00. The number of halogens is 3. The van der Waals surface area contributed by atoms with Gasteiger partial charge in [0.25, 0.3) is 0 Å². The van der Waals surface area contributed by atoms with E-state index < -0.39 is 0 Å². The Morgan fingerprint density at radius 1 is 1.09 bits per heavy atom. The van der Waals surface area contributed by atoms with Crippen LogP contribution in [0.5, 0.6) is 11.5 Å². The van der Waals surface area contributed by atoms with Gasteiger partial charge >= 0.3 is 0 Å². The number of hydrogen-bond donors (Lipinski definition) is 1. The summed E-state index contributed by atoms with van der Waals surface area (Å²) in [5, 5.41) is 3.42. The van der Waals surface area contributed by atoms with Crippen molar-refractivity contribution in [1.29, 1.82) is 0 Å². The molecule has 0 fully saturated rings. The molecular weight excluding hydrogens is 391 g/mol. The molecule has 0 aliphatic rings. The van der Waals surface area contributed by atoms with E-state index in [1.165, 1.54) is 5.56 Å². The minimum atomic E-state index is 0. The van der Waals surface area contributed by atoms with Crippen LogP contribution in [0.3, 0.4) is 0 Å². The standard InChI is InChI=1S/C15H25BrN2O2.2ClH/c1-5-19-14-10-12(11-17-7-8-18(3)4)9-13(16)15(14)20-6-2;;/h9-10,17H,5-8,11H2,1-4H3;2*1H/p-2. The molecule has 0 aliphatic heterocycles. The van der Waals surface area contributed by atoms with Gasteiger partial charge in [-0.2, -0.15) is 0 Å². The zero-order valence-electron chi connectivity index (χ0n) is 13.6. The van der Waals surface area contributed by atoms with Crippen LogP contribution in [0.15, 0.2) is 16.6 Å². The number of ether oxygens (including phenoxy) is 2. The van der Waals surface area contributed by atoms with Crippen molar-refractivity contribution in [3.05, 3.63) is 22.2 Å². The molecule has 0 unspecified atom stereocenters. The Morgan fingerprint density at radius 3 is 2.27 bits per heavy atom. The Kier molecular flexibility index (Phi) is 14.5. The lowest BCUT2D eigenvalue weighted by Gasteiger charge is -2.15. The summed E-state index contributed by atoms with van der Waals surface area (Å²) in [7, 11) is 4.14. The van der Waals surface area contributed by atoms with Crippen molar-refractivity contribution in [1.82, 2.24) is 10.2 Å². The Balaban J connectivity index is 0. The molecule has 0 bridgehead atoms. The number of benzene rings is 1. The van der Waals surface area contributed by atoms with E-state index in [1.54, 1.807) is 0 Å². The molecule has 1 rings (SSSR count). The maximum absolute atomic E-state index is 5.66. The molecule has 1 aromatic rings. The average molecular weight is 416 g/mol.